The number of fused-ring (bicyclic) bond motifs is 1. The van der Waals surface area contributed by atoms with Gasteiger partial charge in [-0.25, -0.2) is 8.42 Å². The van der Waals surface area contributed by atoms with Crippen molar-refractivity contribution in [3.05, 3.63) is 53.1 Å². The van der Waals surface area contributed by atoms with Crippen LogP contribution in [0.3, 0.4) is 0 Å². The number of methoxy groups -OCH3 is 1. The monoisotopic (exact) mass is 496 g/mol. The minimum absolute atomic E-state index is 0. The number of carbonyl (C=O) groups is 3. The number of hydrogen-bond acceptors (Lipinski definition) is 7. The first kappa shape index (κ1) is 23.1. The lowest BCUT2D eigenvalue weighted by Gasteiger charge is -2.27. The summed E-state index contributed by atoms with van der Waals surface area (Å²) in [7, 11) is -2.34. The first-order valence-corrected chi connectivity index (χ1v) is 11.6. The number of hydrogen-bond donors (Lipinski definition) is 1. The van der Waals surface area contributed by atoms with Gasteiger partial charge in [0.2, 0.25) is 5.91 Å². The van der Waals surface area contributed by atoms with Crippen molar-refractivity contribution in [3.63, 3.8) is 0 Å². The van der Waals surface area contributed by atoms with Crippen molar-refractivity contribution < 1.29 is 35.0 Å². The van der Waals surface area contributed by atoms with Gasteiger partial charge in [0.05, 0.1) is 45.0 Å². The molecule has 0 fully saturated rings. The zero-order chi connectivity index (χ0) is 25.4. The highest BCUT2D eigenvalue weighted by Crippen LogP contribution is 2.38. The summed E-state index contributed by atoms with van der Waals surface area (Å²) < 4.78 is 50.5. The van der Waals surface area contributed by atoms with Crippen LogP contribution in [0.15, 0.2) is 36.4 Å². The second-order valence-corrected chi connectivity index (χ2v) is 9.40. The highest BCUT2D eigenvalue weighted by molar-refractivity contribution is 7.90. The van der Waals surface area contributed by atoms with Gasteiger partial charge in [-0.2, -0.15) is 13.5 Å². The molecule has 0 unspecified atom stereocenters. The Kier molecular flexibility index (Phi) is 7.19. The number of sulfone groups is 1. The second-order valence-electron chi connectivity index (χ2n) is 7.21. The third kappa shape index (κ3) is 5.48. The van der Waals surface area contributed by atoms with Gasteiger partial charge in [-0.1, -0.05) is 12.1 Å². The van der Waals surface area contributed by atoms with Crippen molar-refractivity contribution in [2.45, 2.75) is 19.9 Å². The van der Waals surface area contributed by atoms with E-state index in [4.69, 9.17) is 12.2 Å². The Bertz CT molecular complexity index is 1280. The quantitative estimate of drug-likeness (QED) is 0.558. The molecule has 0 saturated carbocycles. The van der Waals surface area contributed by atoms with Crippen molar-refractivity contribution in [1.82, 2.24) is 4.90 Å². The van der Waals surface area contributed by atoms with Crippen molar-refractivity contribution >= 4 is 46.7 Å². The maximum absolute atomic E-state index is 13.4. The van der Waals surface area contributed by atoms with E-state index in [0.29, 0.717) is 0 Å². The average molecular weight is 497 g/mol. The fourth-order valence-corrected chi connectivity index (χ4v) is 4.49. The van der Waals surface area contributed by atoms with E-state index in [1.54, 1.807) is 0 Å². The smallest absolute Gasteiger partial charge is 0.264 e. The highest BCUT2D eigenvalue weighted by Gasteiger charge is 2.43. The van der Waals surface area contributed by atoms with Gasteiger partial charge in [-0.3, -0.25) is 19.3 Å². The summed E-state index contributed by atoms with van der Waals surface area (Å²) >= 11 is 0. The summed E-state index contributed by atoms with van der Waals surface area (Å²) in [6, 6.07) is 7.41. The molecule has 0 saturated heterocycles. The lowest BCUT2D eigenvalue weighted by Crippen LogP contribution is -2.37. The predicted octanol–water partition coefficient (Wildman–Crippen LogP) is 2.55. The van der Waals surface area contributed by atoms with E-state index < -0.39 is 45.9 Å². The molecule has 1 aliphatic rings. The molecule has 9 nitrogen and oxygen atoms in total. The van der Waals surface area contributed by atoms with E-state index in [1.807, 2.05) is 0 Å². The van der Waals surface area contributed by atoms with Crippen LogP contribution in [0.2, 0.25) is 0 Å². The van der Waals surface area contributed by atoms with Crippen LogP contribution >= 0.6 is 13.5 Å². The third-order valence-electron chi connectivity index (χ3n) is 4.81. The molecule has 1 N–H and O–H groups in total. The molecule has 33 heavy (non-hydrogen) atoms. The van der Waals surface area contributed by atoms with Crippen molar-refractivity contribution in [2.75, 3.05) is 31.0 Å². The van der Waals surface area contributed by atoms with Crippen LogP contribution in [0.5, 0.6) is 11.5 Å². The number of benzene rings is 2. The molecular formula is C22H26N2O7S2. The van der Waals surface area contributed by atoms with Crippen molar-refractivity contribution in [1.29, 1.82) is 0 Å². The molecule has 3 rings (SSSR count). The molecule has 1 aliphatic heterocycles. The van der Waals surface area contributed by atoms with Crippen LogP contribution in [0.1, 0.15) is 48.9 Å². The molecule has 2 aromatic rings. The van der Waals surface area contributed by atoms with Gasteiger partial charge in [0.15, 0.2) is 11.5 Å². The molecule has 1 heterocycles. The van der Waals surface area contributed by atoms with E-state index in [9.17, 15) is 22.8 Å². The number of rotatable bonds is 8. The standard InChI is InChI=1S/C22H24N2O7S.H2S/c1-5-31-19-11-14(9-10-18(19)30-3)17(12-32(4,28)29)24-21(26)15-7-6-8-16(23-13(2)25)20(15)22(24)27;/h6-11,17H,5,12H2,1-4H3,(H,23,25);1H2/t17-;/m1./s1/i5D2;. The Morgan fingerprint density at radius 3 is 2.45 bits per heavy atom. The molecule has 1 atom stereocenters. The predicted molar refractivity (Wildman–Crippen MR) is 128 cm³/mol. The summed E-state index contributed by atoms with van der Waals surface area (Å²) in [5.41, 5.74) is 0.364. The molecule has 2 aromatic carbocycles. The lowest BCUT2D eigenvalue weighted by molar-refractivity contribution is -0.114. The second kappa shape index (κ2) is 10.3. The van der Waals surface area contributed by atoms with Gasteiger partial charge in [0.1, 0.15) is 9.84 Å². The minimum atomic E-state index is -3.70. The third-order valence-corrected chi connectivity index (χ3v) is 5.74. The van der Waals surface area contributed by atoms with Gasteiger partial charge in [-0.05, 0) is 36.8 Å². The first-order valence-electron chi connectivity index (χ1n) is 10.5. The molecular weight excluding hydrogens is 468 g/mol. The van der Waals surface area contributed by atoms with Crippen LogP contribution in [-0.4, -0.2) is 56.7 Å². The molecule has 11 heteroatoms. The summed E-state index contributed by atoms with van der Waals surface area (Å²) in [6.45, 7) is 0.359. The number of nitrogens with one attached hydrogen (secondary N) is 1. The summed E-state index contributed by atoms with van der Waals surface area (Å²) in [5.74, 6) is -2.35. The van der Waals surface area contributed by atoms with E-state index in [0.717, 1.165) is 11.2 Å². The number of ether oxygens (including phenoxy) is 2. The molecule has 0 aliphatic carbocycles. The zero-order valence-corrected chi connectivity index (χ0v) is 20.3. The normalized spacial score (nSPS) is 15.1. The van der Waals surface area contributed by atoms with E-state index in [-0.39, 0.29) is 47.4 Å². The van der Waals surface area contributed by atoms with E-state index in [2.05, 4.69) is 5.32 Å². The molecule has 3 amide bonds. The Morgan fingerprint density at radius 2 is 1.88 bits per heavy atom. The average Bonchev–Trinajstić information content (AvgIpc) is 2.95. The lowest BCUT2D eigenvalue weighted by atomic mass is 10.1. The van der Waals surface area contributed by atoms with Crippen LogP contribution < -0.4 is 14.8 Å². The number of nitrogens with zero attached hydrogens (tertiary/aromatic N) is 1. The summed E-state index contributed by atoms with van der Waals surface area (Å²) in [4.78, 5) is 39.1. The van der Waals surface area contributed by atoms with Gasteiger partial charge in [-0.15, -0.1) is 0 Å². The SMILES string of the molecule is S.[2H]C([2H])(C)Oc1cc([C@@H](CS(C)(=O)=O)N2C(=O)c3cccc(NC(C)=O)c3C2=O)ccc1OC. The largest absolute Gasteiger partial charge is 0.493 e. The summed E-state index contributed by atoms with van der Waals surface area (Å²) in [6.07, 6.45) is 0.979. The Balaban J connectivity index is 0.00000432. The number of anilines is 1. The number of amides is 3. The van der Waals surface area contributed by atoms with Crippen molar-refractivity contribution in [3.8, 4) is 11.5 Å². The highest BCUT2D eigenvalue weighted by atomic mass is 32.2. The fourth-order valence-electron chi connectivity index (χ4n) is 3.58. The molecule has 0 aromatic heterocycles. The summed E-state index contributed by atoms with van der Waals surface area (Å²) in [5, 5.41) is 2.52. The molecule has 0 radical (unpaired) electrons. The van der Waals surface area contributed by atoms with Crippen LogP contribution in [0.4, 0.5) is 5.69 Å². The Hall–Kier alpha value is -3.05. The van der Waals surface area contributed by atoms with Crippen LogP contribution in [0, 0.1) is 0 Å². The Morgan fingerprint density at radius 1 is 1.18 bits per heavy atom. The first-order chi connectivity index (χ1) is 15.7. The van der Waals surface area contributed by atoms with E-state index >= 15 is 0 Å². The minimum Gasteiger partial charge on any atom is -0.493 e. The molecule has 0 spiro atoms. The molecule has 0 bridgehead atoms. The number of imide groups is 1. The maximum Gasteiger partial charge on any atom is 0.264 e. The van der Waals surface area contributed by atoms with Crippen LogP contribution in [-0.2, 0) is 14.6 Å². The number of carbonyl (C=O) groups excluding carboxylic acids is 3. The van der Waals surface area contributed by atoms with E-state index in [1.165, 1.54) is 57.4 Å². The molecule has 178 valence electrons. The van der Waals surface area contributed by atoms with Crippen LogP contribution in [0.25, 0.3) is 0 Å². The van der Waals surface area contributed by atoms with Gasteiger partial charge >= 0.3 is 0 Å². The van der Waals surface area contributed by atoms with Gasteiger partial charge in [0, 0.05) is 13.2 Å². The Labute approximate surface area is 202 Å². The zero-order valence-electron chi connectivity index (χ0n) is 20.5. The maximum atomic E-state index is 13.4. The van der Waals surface area contributed by atoms with Gasteiger partial charge in [0.25, 0.3) is 11.8 Å². The van der Waals surface area contributed by atoms with Crippen molar-refractivity contribution in [2.24, 2.45) is 0 Å². The topological polar surface area (TPSA) is 119 Å². The van der Waals surface area contributed by atoms with Gasteiger partial charge < -0.3 is 14.8 Å². The fraction of sp³-hybridized carbons (Fsp3) is 0.318.